The lowest BCUT2D eigenvalue weighted by molar-refractivity contribution is 0.0544. The van der Waals surface area contributed by atoms with Gasteiger partial charge < -0.3 is 14.2 Å². The summed E-state index contributed by atoms with van der Waals surface area (Å²) in [5.41, 5.74) is 1.29. The van der Waals surface area contributed by atoms with Crippen LogP contribution >= 0.6 is 0 Å². The van der Waals surface area contributed by atoms with Crippen LogP contribution in [0.3, 0.4) is 0 Å². The highest BCUT2D eigenvalue weighted by Gasteiger charge is 2.57. The second kappa shape index (κ2) is 6.09. The van der Waals surface area contributed by atoms with E-state index in [1.807, 2.05) is 6.20 Å². The number of hydrogen-bond acceptors (Lipinski definition) is 6. The molecular formula is C19H24N4O2. The van der Waals surface area contributed by atoms with Crippen LogP contribution in [0.5, 0.6) is 0 Å². The number of piperidine rings is 1. The Morgan fingerprint density at radius 2 is 1.92 bits per heavy atom. The number of pyridine rings is 1. The lowest BCUT2D eigenvalue weighted by atomic mass is 9.94. The van der Waals surface area contributed by atoms with Gasteiger partial charge in [0.15, 0.2) is 0 Å². The zero-order chi connectivity index (χ0) is 16.7. The average Bonchev–Trinajstić information content (AvgIpc) is 3.15. The molecule has 0 radical (unpaired) electrons. The molecule has 0 unspecified atom stereocenters. The van der Waals surface area contributed by atoms with E-state index >= 15 is 0 Å². The van der Waals surface area contributed by atoms with Crippen LogP contribution in [0.15, 0.2) is 22.9 Å². The van der Waals surface area contributed by atoms with Crippen molar-refractivity contribution >= 4 is 5.82 Å². The maximum atomic E-state index is 5.58. The molecular weight excluding hydrogens is 316 g/mol. The highest BCUT2D eigenvalue weighted by atomic mass is 16.5. The van der Waals surface area contributed by atoms with Crippen molar-refractivity contribution < 1.29 is 9.26 Å². The largest absolute Gasteiger partial charge is 0.381 e. The molecule has 1 atom stereocenters. The molecule has 2 aromatic heterocycles. The first kappa shape index (κ1) is 15.3. The normalized spacial score (nSPS) is 25.3. The molecule has 3 aliphatic rings. The minimum atomic E-state index is 0.360. The van der Waals surface area contributed by atoms with E-state index in [4.69, 9.17) is 9.26 Å². The van der Waals surface area contributed by atoms with Crippen molar-refractivity contribution in [3.8, 4) is 11.4 Å². The molecule has 5 rings (SSSR count). The van der Waals surface area contributed by atoms with E-state index in [9.17, 15) is 0 Å². The second-order valence-electron chi connectivity index (χ2n) is 7.64. The van der Waals surface area contributed by atoms with Crippen LogP contribution in [0.4, 0.5) is 5.82 Å². The molecule has 1 spiro atoms. The summed E-state index contributed by atoms with van der Waals surface area (Å²) in [4.78, 5) is 11.6. The molecule has 6 heteroatoms. The van der Waals surface area contributed by atoms with Gasteiger partial charge in [-0.3, -0.25) is 0 Å². The fraction of sp³-hybridized carbons (Fsp3) is 0.632. The van der Waals surface area contributed by atoms with Gasteiger partial charge in [0.2, 0.25) is 11.7 Å². The summed E-state index contributed by atoms with van der Waals surface area (Å²) in [6, 6.07) is 4.14. The van der Waals surface area contributed by atoms with Crippen molar-refractivity contribution in [2.75, 3.05) is 31.2 Å². The van der Waals surface area contributed by atoms with Crippen molar-refractivity contribution in [1.29, 1.82) is 0 Å². The van der Waals surface area contributed by atoms with E-state index in [0.717, 1.165) is 62.8 Å². The first-order valence-corrected chi connectivity index (χ1v) is 9.47. The van der Waals surface area contributed by atoms with Crippen LogP contribution in [0.1, 0.15) is 50.3 Å². The summed E-state index contributed by atoms with van der Waals surface area (Å²) in [6.45, 7) is 3.93. The Kier molecular flexibility index (Phi) is 3.73. The van der Waals surface area contributed by atoms with Gasteiger partial charge in [0.05, 0.1) is 0 Å². The van der Waals surface area contributed by atoms with Crippen molar-refractivity contribution in [3.63, 3.8) is 0 Å². The second-order valence-corrected chi connectivity index (χ2v) is 7.64. The van der Waals surface area contributed by atoms with E-state index in [-0.39, 0.29) is 0 Å². The van der Waals surface area contributed by atoms with Gasteiger partial charge in [-0.25, -0.2) is 4.98 Å². The predicted octanol–water partition coefficient (Wildman–Crippen LogP) is 3.41. The van der Waals surface area contributed by atoms with Gasteiger partial charge in [-0.2, -0.15) is 4.98 Å². The van der Waals surface area contributed by atoms with E-state index in [0.29, 0.717) is 17.2 Å². The van der Waals surface area contributed by atoms with Gasteiger partial charge in [-0.15, -0.1) is 0 Å². The molecule has 0 amide bonds. The maximum Gasteiger partial charge on any atom is 0.230 e. The molecule has 0 aromatic carbocycles. The van der Waals surface area contributed by atoms with Gasteiger partial charge in [0.25, 0.3) is 0 Å². The Morgan fingerprint density at radius 1 is 1.08 bits per heavy atom. The SMILES string of the molecule is c1cc(N2CCCCC2)ncc1-c1noc([C@@H]2CC23CCOCC3)n1. The summed E-state index contributed by atoms with van der Waals surface area (Å²) >= 11 is 0. The molecule has 4 heterocycles. The molecule has 2 aromatic rings. The molecule has 1 saturated carbocycles. The molecule has 2 saturated heterocycles. The quantitative estimate of drug-likeness (QED) is 0.853. The average molecular weight is 340 g/mol. The summed E-state index contributed by atoms with van der Waals surface area (Å²) < 4.78 is 11.1. The summed E-state index contributed by atoms with van der Waals surface area (Å²) in [5.74, 6) is 2.91. The Balaban J connectivity index is 1.30. The molecule has 132 valence electrons. The first-order chi connectivity index (χ1) is 12.3. The predicted molar refractivity (Wildman–Crippen MR) is 93.4 cm³/mol. The van der Waals surface area contributed by atoms with E-state index < -0.39 is 0 Å². The molecule has 25 heavy (non-hydrogen) atoms. The van der Waals surface area contributed by atoms with Crippen LogP contribution < -0.4 is 4.90 Å². The number of nitrogens with zero attached hydrogens (tertiary/aromatic N) is 4. The minimum absolute atomic E-state index is 0.360. The summed E-state index contributed by atoms with van der Waals surface area (Å²) in [7, 11) is 0. The monoisotopic (exact) mass is 340 g/mol. The molecule has 0 bridgehead atoms. The van der Waals surface area contributed by atoms with Crippen molar-refractivity contribution in [3.05, 3.63) is 24.2 Å². The standard InChI is InChI=1S/C19H24N4O2/c1-2-8-23(9-3-1)16-5-4-14(13-20-16)17-21-18(25-22-17)15-12-19(15)6-10-24-11-7-19/h4-5,13,15H,1-3,6-12H2/t15-/m0/s1. The van der Waals surface area contributed by atoms with Gasteiger partial charge in [0, 0.05) is 44.0 Å². The number of hydrogen-bond donors (Lipinski definition) is 0. The van der Waals surface area contributed by atoms with E-state index in [1.54, 1.807) is 0 Å². The lowest BCUT2D eigenvalue weighted by Crippen LogP contribution is -2.29. The van der Waals surface area contributed by atoms with Crippen molar-refractivity contribution in [2.45, 2.75) is 44.4 Å². The highest BCUT2D eigenvalue weighted by molar-refractivity contribution is 5.56. The fourth-order valence-corrected chi connectivity index (χ4v) is 4.35. The Bertz CT molecular complexity index is 730. The topological polar surface area (TPSA) is 64.3 Å². The Hall–Kier alpha value is -1.95. The zero-order valence-corrected chi connectivity index (χ0v) is 14.5. The number of ether oxygens (including phenoxy) is 1. The van der Waals surface area contributed by atoms with Crippen molar-refractivity contribution in [2.24, 2.45) is 5.41 Å². The van der Waals surface area contributed by atoms with E-state index in [1.165, 1.54) is 19.3 Å². The number of anilines is 1. The summed E-state index contributed by atoms with van der Waals surface area (Å²) in [6.07, 6.45) is 9.09. The van der Waals surface area contributed by atoms with Gasteiger partial charge in [0.1, 0.15) is 5.82 Å². The third-order valence-corrected chi connectivity index (χ3v) is 6.10. The molecule has 2 aliphatic heterocycles. The van der Waals surface area contributed by atoms with Gasteiger partial charge in [-0.1, -0.05) is 5.16 Å². The third kappa shape index (κ3) is 2.82. The number of aromatic nitrogens is 3. The third-order valence-electron chi connectivity index (χ3n) is 6.10. The van der Waals surface area contributed by atoms with Crippen LogP contribution in [0.25, 0.3) is 11.4 Å². The Morgan fingerprint density at radius 3 is 2.68 bits per heavy atom. The van der Waals surface area contributed by atoms with Gasteiger partial charge in [-0.05, 0) is 56.1 Å². The molecule has 3 fully saturated rings. The minimum Gasteiger partial charge on any atom is -0.381 e. The highest BCUT2D eigenvalue weighted by Crippen LogP contribution is 2.64. The molecule has 1 aliphatic carbocycles. The van der Waals surface area contributed by atoms with E-state index in [2.05, 4.69) is 32.2 Å². The molecule has 0 N–H and O–H groups in total. The first-order valence-electron chi connectivity index (χ1n) is 9.47. The summed E-state index contributed by atoms with van der Waals surface area (Å²) in [5, 5.41) is 4.20. The number of rotatable bonds is 3. The van der Waals surface area contributed by atoms with Crippen LogP contribution in [-0.2, 0) is 4.74 Å². The molecule has 6 nitrogen and oxygen atoms in total. The van der Waals surface area contributed by atoms with Crippen molar-refractivity contribution in [1.82, 2.24) is 15.1 Å². The maximum absolute atomic E-state index is 5.58. The smallest absolute Gasteiger partial charge is 0.230 e. The van der Waals surface area contributed by atoms with Gasteiger partial charge >= 0.3 is 0 Å². The Labute approximate surface area is 147 Å². The lowest BCUT2D eigenvalue weighted by Gasteiger charge is -2.27. The zero-order valence-electron chi connectivity index (χ0n) is 14.5. The van der Waals surface area contributed by atoms with Crippen LogP contribution in [-0.4, -0.2) is 41.4 Å². The van der Waals surface area contributed by atoms with Crippen LogP contribution in [0, 0.1) is 5.41 Å². The van der Waals surface area contributed by atoms with Crippen LogP contribution in [0.2, 0.25) is 0 Å². The fourth-order valence-electron chi connectivity index (χ4n) is 4.35.